The zero-order valence-corrected chi connectivity index (χ0v) is 15.8. The van der Waals surface area contributed by atoms with E-state index in [2.05, 4.69) is 52.5 Å². The van der Waals surface area contributed by atoms with Gasteiger partial charge in [0.05, 0.1) is 18.8 Å². The fraction of sp³-hybridized carbons (Fsp3) is 0.286. The third kappa shape index (κ3) is 3.76. The number of ether oxygens (including phenoxy) is 1. The molecule has 4 nitrogen and oxygen atoms in total. The molecule has 0 saturated carbocycles. The number of hydrogen-bond acceptors (Lipinski definition) is 3. The van der Waals surface area contributed by atoms with Crippen LogP contribution in [0, 0.1) is 0 Å². The predicted molar refractivity (Wildman–Crippen MR) is 107 cm³/mol. The zero-order chi connectivity index (χ0) is 17.1. The Morgan fingerprint density at radius 1 is 1.08 bits per heavy atom. The largest absolute Gasteiger partial charge is 0.494 e. The van der Waals surface area contributed by atoms with Gasteiger partial charge in [0.15, 0.2) is 0 Å². The molecule has 0 bridgehead atoms. The number of nitrogens with one attached hydrogen (secondary N) is 1. The summed E-state index contributed by atoms with van der Waals surface area (Å²) in [4.78, 5) is 0. The standard InChI is InChI=1S/C21H23N3O.ClH/c1-2-25-18-10-8-17(9-11-18)21-19-14-22-13-12-20(19)24(23-21)15-16-6-4-3-5-7-16;/h3-11,22H,2,12-15H2,1H3;1H. The van der Waals surface area contributed by atoms with Gasteiger partial charge < -0.3 is 10.1 Å². The van der Waals surface area contributed by atoms with E-state index in [0.717, 1.165) is 43.1 Å². The molecule has 0 unspecified atom stereocenters. The second kappa shape index (κ2) is 8.39. The lowest BCUT2D eigenvalue weighted by Gasteiger charge is -2.16. The Morgan fingerprint density at radius 2 is 1.85 bits per heavy atom. The Hall–Kier alpha value is -2.30. The van der Waals surface area contributed by atoms with Crippen molar-refractivity contribution in [3.63, 3.8) is 0 Å². The van der Waals surface area contributed by atoms with Gasteiger partial charge in [0.25, 0.3) is 0 Å². The van der Waals surface area contributed by atoms with Gasteiger partial charge in [-0.2, -0.15) is 5.10 Å². The molecule has 0 radical (unpaired) electrons. The van der Waals surface area contributed by atoms with Crippen molar-refractivity contribution in [2.24, 2.45) is 0 Å². The summed E-state index contributed by atoms with van der Waals surface area (Å²) >= 11 is 0. The van der Waals surface area contributed by atoms with E-state index < -0.39 is 0 Å². The number of fused-ring (bicyclic) bond motifs is 1. The maximum Gasteiger partial charge on any atom is 0.119 e. The minimum Gasteiger partial charge on any atom is -0.494 e. The van der Waals surface area contributed by atoms with Gasteiger partial charge in [-0.1, -0.05) is 30.3 Å². The maximum absolute atomic E-state index is 5.56. The smallest absolute Gasteiger partial charge is 0.119 e. The molecule has 3 aromatic rings. The lowest BCUT2D eigenvalue weighted by molar-refractivity contribution is 0.340. The lowest BCUT2D eigenvalue weighted by Crippen LogP contribution is -2.25. The highest BCUT2D eigenvalue weighted by Gasteiger charge is 2.21. The highest BCUT2D eigenvalue weighted by Crippen LogP contribution is 2.29. The molecule has 136 valence electrons. The fourth-order valence-corrected chi connectivity index (χ4v) is 3.41. The molecule has 1 aliphatic rings. The van der Waals surface area contributed by atoms with E-state index >= 15 is 0 Å². The molecule has 0 spiro atoms. The average molecular weight is 370 g/mol. The molecule has 26 heavy (non-hydrogen) atoms. The first-order valence-corrected chi connectivity index (χ1v) is 8.91. The van der Waals surface area contributed by atoms with Crippen LogP contribution >= 0.6 is 12.4 Å². The topological polar surface area (TPSA) is 39.1 Å². The fourth-order valence-electron chi connectivity index (χ4n) is 3.41. The Bertz CT molecular complexity index is 844. The number of rotatable bonds is 5. The molecular weight excluding hydrogens is 346 g/mol. The van der Waals surface area contributed by atoms with Crippen molar-refractivity contribution in [3.05, 3.63) is 71.4 Å². The van der Waals surface area contributed by atoms with E-state index in [1.54, 1.807) is 0 Å². The van der Waals surface area contributed by atoms with Gasteiger partial charge in [-0.25, -0.2) is 0 Å². The molecule has 1 N–H and O–H groups in total. The average Bonchev–Trinajstić information content (AvgIpc) is 3.02. The lowest BCUT2D eigenvalue weighted by atomic mass is 10.0. The summed E-state index contributed by atoms with van der Waals surface area (Å²) in [5, 5.41) is 8.45. The van der Waals surface area contributed by atoms with E-state index in [-0.39, 0.29) is 12.4 Å². The summed E-state index contributed by atoms with van der Waals surface area (Å²) in [6, 6.07) is 18.8. The summed E-state index contributed by atoms with van der Waals surface area (Å²) in [7, 11) is 0. The van der Waals surface area contributed by atoms with Crippen molar-refractivity contribution in [1.29, 1.82) is 0 Å². The summed E-state index contributed by atoms with van der Waals surface area (Å²) in [6.07, 6.45) is 1.02. The first-order valence-electron chi connectivity index (χ1n) is 8.91. The van der Waals surface area contributed by atoms with Crippen molar-refractivity contribution in [1.82, 2.24) is 15.1 Å². The van der Waals surface area contributed by atoms with Crippen LogP contribution in [0.3, 0.4) is 0 Å². The highest BCUT2D eigenvalue weighted by atomic mass is 35.5. The first-order chi connectivity index (χ1) is 12.3. The number of benzene rings is 2. The quantitative estimate of drug-likeness (QED) is 0.737. The minimum atomic E-state index is 0. The van der Waals surface area contributed by atoms with Crippen LogP contribution in [0.5, 0.6) is 5.75 Å². The number of hydrogen-bond donors (Lipinski definition) is 1. The Balaban J connectivity index is 0.00000196. The normalized spacial score (nSPS) is 13.0. The number of aromatic nitrogens is 2. The van der Waals surface area contributed by atoms with E-state index in [1.165, 1.54) is 16.8 Å². The van der Waals surface area contributed by atoms with Crippen molar-refractivity contribution < 1.29 is 4.74 Å². The van der Waals surface area contributed by atoms with E-state index in [0.29, 0.717) is 6.61 Å². The highest BCUT2D eigenvalue weighted by molar-refractivity contribution is 5.85. The molecular formula is C21H24ClN3O. The van der Waals surface area contributed by atoms with Gasteiger partial charge in [-0.3, -0.25) is 4.68 Å². The third-order valence-electron chi connectivity index (χ3n) is 4.62. The van der Waals surface area contributed by atoms with Crippen LogP contribution in [0.2, 0.25) is 0 Å². The molecule has 1 aliphatic heterocycles. The molecule has 5 heteroatoms. The van der Waals surface area contributed by atoms with Crippen molar-refractivity contribution >= 4 is 12.4 Å². The molecule has 0 atom stereocenters. The summed E-state index contributed by atoms with van der Waals surface area (Å²) < 4.78 is 7.73. The van der Waals surface area contributed by atoms with Crippen LogP contribution in [0.25, 0.3) is 11.3 Å². The summed E-state index contributed by atoms with van der Waals surface area (Å²) in [6.45, 7) is 5.40. The predicted octanol–water partition coefficient (Wildman–Crippen LogP) is 4.06. The Labute approximate surface area is 160 Å². The molecule has 0 aliphatic carbocycles. The van der Waals surface area contributed by atoms with Gasteiger partial charge in [0, 0.05) is 36.3 Å². The van der Waals surface area contributed by atoms with Crippen LogP contribution in [0.15, 0.2) is 54.6 Å². The molecule has 4 rings (SSSR count). The van der Waals surface area contributed by atoms with Gasteiger partial charge in [0.2, 0.25) is 0 Å². The van der Waals surface area contributed by atoms with Crippen LogP contribution in [-0.2, 0) is 19.5 Å². The van der Waals surface area contributed by atoms with Gasteiger partial charge in [-0.15, -0.1) is 12.4 Å². The van der Waals surface area contributed by atoms with Crippen LogP contribution in [0.1, 0.15) is 23.7 Å². The monoisotopic (exact) mass is 369 g/mol. The zero-order valence-electron chi connectivity index (χ0n) is 14.9. The van der Waals surface area contributed by atoms with Crippen LogP contribution < -0.4 is 10.1 Å². The molecule has 0 amide bonds. The maximum atomic E-state index is 5.56. The van der Waals surface area contributed by atoms with Crippen LogP contribution in [0.4, 0.5) is 0 Å². The third-order valence-corrected chi connectivity index (χ3v) is 4.62. The second-order valence-corrected chi connectivity index (χ2v) is 6.30. The number of halogens is 1. The van der Waals surface area contributed by atoms with Crippen LogP contribution in [-0.4, -0.2) is 22.9 Å². The van der Waals surface area contributed by atoms with Crippen molar-refractivity contribution in [2.75, 3.05) is 13.2 Å². The summed E-state index contributed by atoms with van der Waals surface area (Å²) in [5.74, 6) is 0.905. The molecule has 2 aromatic carbocycles. The summed E-state index contributed by atoms with van der Waals surface area (Å²) in [5.41, 5.74) is 6.19. The Morgan fingerprint density at radius 3 is 2.58 bits per heavy atom. The minimum absolute atomic E-state index is 0. The second-order valence-electron chi connectivity index (χ2n) is 6.30. The molecule has 2 heterocycles. The van der Waals surface area contributed by atoms with Crippen molar-refractivity contribution in [2.45, 2.75) is 26.4 Å². The molecule has 0 fully saturated rings. The van der Waals surface area contributed by atoms with E-state index in [4.69, 9.17) is 9.84 Å². The Kier molecular flexibility index (Phi) is 5.96. The van der Waals surface area contributed by atoms with Gasteiger partial charge in [-0.05, 0) is 36.8 Å². The van der Waals surface area contributed by atoms with Gasteiger partial charge in [0.1, 0.15) is 5.75 Å². The molecule has 0 saturated heterocycles. The van der Waals surface area contributed by atoms with Gasteiger partial charge >= 0.3 is 0 Å². The van der Waals surface area contributed by atoms with E-state index in [1.807, 2.05) is 19.1 Å². The molecule has 1 aromatic heterocycles. The SMILES string of the molecule is CCOc1ccc(-c2nn(Cc3ccccc3)c3c2CNCC3)cc1.Cl. The van der Waals surface area contributed by atoms with E-state index in [9.17, 15) is 0 Å². The number of nitrogens with zero attached hydrogens (tertiary/aromatic N) is 2. The first kappa shape index (κ1) is 18.5. The van der Waals surface area contributed by atoms with Crippen molar-refractivity contribution in [3.8, 4) is 17.0 Å².